The summed E-state index contributed by atoms with van der Waals surface area (Å²) in [5.74, 6) is 0.547. The van der Waals surface area contributed by atoms with E-state index in [0.717, 1.165) is 28.7 Å². The average Bonchev–Trinajstić information content (AvgIpc) is 2.79. The average molecular weight is 325 g/mol. The Morgan fingerprint density at radius 1 is 1.53 bits per heavy atom. The monoisotopic (exact) mass is 324 g/mol. The van der Waals surface area contributed by atoms with E-state index in [1.807, 2.05) is 16.8 Å². The third-order valence-corrected chi connectivity index (χ3v) is 3.50. The van der Waals surface area contributed by atoms with Crippen molar-refractivity contribution in [3.63, 3.8) is 0 Å². The number of nitrogens with zero attached hydrogens (tertiary/aromatic N) is 3. The van der Waals surface area contributed by atoms with Crippen LogP contribution in [0.25, 0.3) is 0 Å². The van der Waals surface area contributed by atoms with Crippen molar-refractivity contribution in [1.29, 1.82) is 0 Å². The lowest BCUT2D eigenvalue weighted by Gasteiger charge is -2.17. The summed E-state index contributed by atoms with van der Waals surface area (Å²) in [5.41, 5.74) is 8.15. The molecule has 5 nitrogen and oxygen atoms in total. The summed E-state index contributed by atoms with van der Waals surface area (Å²) in [4.78, 5) is 4.19. The molecule has 0 saturated heterocycles. The molecule has 1 atom stereocenters. The van der Waals surface area contributed by atoms with Gasteiger partial charge in [0.25, 0.3) is 0 Å². The molecule has 0 aromatic carbocycles. The molecule has 0 fully saturated rings. The largest absolute Gasteiger partial charge is 0.481 e. The molecule has 2 heterocycles. The molecule has 2 rings (SSSR count). The van der Waals surface area contributed by atoms with E-state index >= 15 is 0 Å². The lowest BCUT2D eigenvalue weighted by atomic mass is 10.1. The lowest BCUT2D eigenvalue weighted by Crippen LogP contribution is -2.19. The number of ether oxygens (including phenoxy) is 1. The Kier molecular flexibility index (Phi) is 4.55. The zero-order chi connectivity index (χ0) is 13.8. The topological polar surface area (TPSA) is 66.0 Å². The molecule has 1 unspecified atom stereocenters. The summed E-state index contributed by atoms with van der Waals surface area (Å²) in [7, 11) is 1.59. The summed E-state index contributed by atoms with van der Waals surface area (Å²) < 4.78 is 8.09. The summed E-state index contributed by atoms with van der Waals surface area (Å²) in [6.07, 6.45) is 4.46. The molecule has 2 N–H and O–H groups in total. The number of nitrogens with two attached hydrogens (primary N) is 1. The number of halogens is 1. The number of hydrogen-bond donors (Lipinski definition) is 1. The Morgan fingerprint density at radius 3 is 3.00 bits per heavy atom. The van der Waals surface area contributed by atoms with Gasteiger partial charge in [-0.2, -0.15) is 5.10 Å². The molecule has 0 radical (unpaired) electrons. The second-order valence-electron chi connectivity index (χ2n) is 4.18. The third kappa shape index (κ3) is 2.79. The second-order valence-corrected chi connectivity index (χ2v) is 5.03. The van der Waals surface area contributed by atoms with Crippen molar-refractivity contribution in [3.8, 4) is 5.88 Å². The number of hydrogen-bond acceptors (Lipinski definition) is 4. The highest BCUT2D eigenvalue weighted by Gasteiger charge is 2.21. The molecule has 0 bridgehead atoms. The fourth-order valence-electron chi connectivity index (χ4n) is 2.03. The highest BCUT2D eigenvalue weighted by Crippen LogP contribution is 2.30. The van der Waals surface area contributed by atoms with Crippen LogP contribution in [0.1, 0.15) is 30.6 Å². The SMILES string of the molecule is CCCn1ncc(Br)c1C(N)c1cccnc1OC. The van der Waals surface area contributed by atoms with E-state index in [1.54, 1.807) is 19.5 Å². The van der Waals surface area contributed by atoms with Crippen molar-refractivity contribution in [2.45, 2.75) is 25.9 Å². The first-order chi connectivity index (χ1) is 9.19. The maximum absolute atomic E-state index is 6.36. The number of aromatic nitrogens is 3. The Labute approximate surface area is 120 Å². The van der Waals surface area contributed by atoms with E-state index in [4.69, 9.17) is 10.5 Å². The summed E-state index contributed by atoms with van der Waals surface area (Å²) in [6, 6.07) is 3.45. The molecule has 0 aliphatic carbocycles. The standard InChI is InChI=1S/C13H17BrN4O/c1-3-7-18-12(10(14)8-17-18)11(15)9-5-4-6-16-13(9)19-2/h4-6,8,11H,3,7,15H2,1-2H3. The van der Waals surface area contributed by atoms with Crippen molar-refractivity contribution in [1.82, 2.24) is 14.8 Å². The van der Waals surface area contributed by atoms with Crippen LogP contribution in [0.2, 0.25) is 0 Å². The molecule has 102 valence electrons. The van der Waals surface area contributed by atoms with Gasteiger partial charge in [0, 0.05) is 18.3 Å². The van der Waals surface area contributed by atoms with Crippen molar-refractivity contribution >= 4 is 15.9 Å². The first-order valence-electron chi connectivity index (χ1n) is 6.14. The van der Waals surface area contributed by atoms with E-state index < -0.39 is 0 Å². The van der Waals surface area contributed by atoms with Gasteiger partial charge in [-0.25, -0.2) is 4.98 Å². The number of pyridine rings is 1. The first-order valence-corrected chi connectivity index (χ1v) is 6.94. The summed E-state index contributed by atoms with van der Waals surface area (Å²) in [5, 5.41) is 4.34. The van der Waals surface area contributed by atoms with Crippen LogP contribution < -0.4 is 10.5 Å². The maximum Gasteiger partial charge on any atom is 0.218 e. The zero-order valence-electron chi connectivity index (χ0n) is 11.0. The summed E-state index contributed by atoms with van der Waals surface area (Å²) in [6.45, 7) is 2.94. The van der Waals surface area contributed by atoms with Crippen molar-refractivity contribution in [2.75, 3.05) is 7.11 Å². The van der Waals surface area contributed by atoms with Crippen LogP contribution in [-0.4, -0.2) is 21.9 Å². The van der Waals surface area contributed by atoms with Crippen LogP contribution >= 0.6 is 15.9 Å². The van der Waals surface area contributed by atoms with E-state index in [0.29, 0.717) is 5.88 Å². The molecule has 19 heavy (non-hydrogen) atoms. The molecular weight excluding hydrogens is 308 g/mol. The quantitative estimate of drug-likeness (QED) is 0.917. The summed E-state index contributed by atoms with van der Waals surface area (Å²) >= 11 is 3.51. The minimum absolute atomic E-state index is 0.327. The van der Waals surface area contributed by atoms with Gasteiger partial charge in [0.15, 0.2) is 0 Å². The molecule has 0 aliphatic rings. The van der Waals surface area contributed by atoms with Crippen LogP contribution in [-0.2, 0) is 6.54 Å². The van der Waals surface area contributed by atoms with E-state index in [1.165, 1.54) is 0 Å². The maximum atomic E-state index is 6.36. The Bertz CT molecular complexity index is 555. The molecule has 0 amide bonds. The fraction of sp³-hybridized carbons (Fsp3) is 0.385. The minimum Gasteiger partial charge on any atom is -0.481 e. The highest BCUT2D eigenvalue weighted by atomic mass is 79.9. The van der Waals surface area contributed by atoms with Crippen molar-refractivity contribution in [3.05, 3.63) is 40.3 Å². The van der Waals surface area contributed by atoms with Gasteiger partial charge in [-0.15, -0.1) is 0 Å². The normalized spacial score (nSPS) is 12.4. The van der Waals surface area contributed by atoms with Gasteiger partial charge in [-0.1, -0.05) is 13.0 Å². The lowest BCUT2D eigenvalue weighted by molar-refractivity contribution is 0.389. The minimum atomic E-state index is -0.327. The van der Waals surface area contributed by atoms with E-state index in [2.05, 4.69) is 32.9 Å². The van der Waals surface area contributed by atoms with E-state index in [-0.39, 0.29) is 6.04 Å². The van der Waals surface area contributed by atoms with Crippen LogP contribution in [0.4, 0.5) is 0 Å². The highest BCUT2D eigenvalue weighted by molar-refractivity contribution is 9.10. The number of aryl methyl sites for hydroxylation is 1. The van der Waals surface area contributed by atoms with Gasteiger partial charge >= 0.3 is 0 Å². The van der Waals surface area contributed by atoms with Crippen LogP contribution in [0.3, 0.4) is 0 Å². The van der Waals surface area contributed by atoms with Gasteiger partial charge in [0.05, 0.1) is 29.5 Å². The van der Waals surface area contributed by atoms with Gasteiger partial charge in [0.1, 0.15) is 0 Å². The third-order valence-electron chi connectivity index (χ3n) is 2.89. The van der Waals surface area contributed by atoms with Crippen molar-refractivity contribution < 1.29 is 4.74 Å². The first kappa shape index (κ1) is 14.0. The molecular formula is C13H17BrN4O. The molecule has 0 aliphatic heterocycles. The smallest absolute Gasteiger partial charge is 0.218 e. The molecule has 0 spiro atoms. The Morgan fingerprint density at radius 2 is 2.32 bits per heavy atom. The predicted octanol–water partition coefficient (Wildman–Crippen LogP) is 2.51. The van der Waals surface area contributed by atoms with Crippen LogP contribution in [0.5, 0.6) is 5.88 Å². The van der Waals surface area contributed by atoms with Gasteiger partial charge < -0.3 is 10.5 Å². The van der Waals surface area contributed by atoms with Gasteiger partial charge in [-0.05, 0) is 28.4 Å². The molecule has 2 aromatic heterocycles. The predicted molar refractivity (Wildman–Crippen MR) is 77.0 cm³/mol. The number of rotatable bonds is 5. The van der Waals surface area contributed by atoms with E-state index in [9.17, 15) is 0 Å². The number of methoxy groups -OCH3 is 1. The van der Waals surface area contributed by atoms with Crippen molar-refractivity contribution in [2.24, 2.45) is 5.73 Å². The second kappa shape index (κ2) is 6.16. The van der Waals surface area contributed by atoms with Gasteiger partial charge in [0.2, 0.25) is 5.88 Å². The zero-order valence-corrected chi connectivity index (χ0v) is 12.6. The van der Waals surface area contributed by atoms with Crippen LogP contribution in [0.15, 0.2) is 29.0 Å². The molecule has 2 aromatic rings. The molecule has 0 saturated carbocycles. The molecule has 6 heteroatoms. The van der Waals surface area contributed by atoms with Gasteiger partial charge in [-0.3, -0.25) is 4.68 Å². The fourth-order valence-corrected chi connectivity index (χ4v) is 2.57. The van der Waals surface area contributed by atoms with Crippen LogP contribution in [0, 0.1) is 0 Å². The Hall–Kier alpha value is -1.40. The Balaban J connectivity index is 2.43.